The largest absolute Gasteiger partial charge is 0.384 e. The summed E-state index contributed by atoms with van der Waals surface area (Å²) in [6.07, 6.45) is 2.07. The maximum atomic E-state index is 5.80. The second-order valence-electron chi connectivity index (χ2n) is 3.68. The summed E-state index contributed by atoms with van der Waals surface area (Å²) in [5, 5.41) is 4.40. The first-order valence-corrected chi connectivity index (χ1v) is 4.40. The molecule has 0 spiro atoms. The van der Waals surface area contributed by atoms with E-state index in [2.05, 4.69) is 34.8 Å². The minimum atomic E-state index is 0.600. The Morgan fingerprint density at radius 2 is 2.17 bits per heavy atom. The summed E-state index contributed by atoms with van der Waals surface area (Å²) >= 11 is 0. The van der Waals surface area contributed by atoms with E-state index in [4.69, 9.17) is 5.73 Å². The highest BCUT2D eigenvalue weighted by Gasteiger charge is 2.32. The SMILES string of the molecule is CC(C)N1CN2CC=C(N)N2C1. The smallest absolute Gasteiger partial charge is 0.112 e. The lowest BCUT2D eigenvalue weighted by Crippen LogP contribution is -2.32. The van der Waals surface area contributed by atoms with E-state index in [1.54, 1.807) is 0 Å². The fraction of sp³-hybridized carbons (Fsp3) is 0.750. The van der Waals surface area contributed by atoms with Gasteiger partial charge in [-0.2, -0.15) is 0 Å². The van der Waals surface area contributed by atoms with E-state index in [-0.39, 0.29) is 0 Å². The van der Waals surface area contributed by atoms with Gasteiger partial charge >= 0.3 is 0 Å². The van der Waals surface area contributed by atoms with Gasteiger partial charge in [0.2, 0.25) is 0 Å². The van der Waals surface area contributed by atoms with Crippen LogP contribution in [0.4, 0.5) is 0 Å². The molecular formula is C8H16N4. The maximum absolute atomic E-state index is 5.80. The van der Waals surface area contributed by atoms with E-state index < -0.39 is 0 Å². The Hall–Kier alpha value is -0.740. The van der Waals surface area contributed by atoms with Gasteiger partial charge in [-0.15, -0.1) is 0 Å². The third kappa shape index (κ3) is 1.07. The summed E-state index contributed by atoms with van der Waals surface area (Å²) in [5.41, 5.74) is 5.80. The van der Waals surface area contributed by atoms with Gasteiger partial charge in [-0.1, -0.05) is 0 Å². The van der Waals surface area contributed by atoms with Crippen LogP contribution < -0.4 is 5.73 Å². The predicted octanol–water partition coefficient (Wildman–Crippen LogP) is -0.0419. The van der Waals surface area contributed by atoms with Crippen molar-refractivity contribution in [2.45, 2.75) is 19.9 Å². The molecule has 1 saturated heterocycles. The number of hydrogen-bond donors (Lipinski definition) is 1. The van der Waals surface area contributed by atoms with E-state index in [9.17, 15) is 0 Å². The van der Waals surface area contributed by atoms with Crippen molar-refractivity contribution in [2.75, 3.05) is 19.9 Å². The van der Waals surface area contributed by atoms with Gasteiger partial charge in [-0.25, -0.2) is 5.01 Å². The van der Waals surface area contributed by atoms with Crippen molar-refractivity contribution >= 4 is 0 Å². The van der Waals surface area contributed by atoms with Crippen LogP contribution in [-0.4, -0.2) is 40.8 Å². The van der Waals surface area contributed by atoms with Crippen molar-refractivity contribution in [1.82, 2.24) is 14.9 Å². The number of nitrogens with zero attached hydrogens (tertiary/aromatic N) is 3. The van der Waals surface area contributed by atoms with Crippen molar-refractivity contribution in [3.05, 3.63) is 11.9 Å². The molecule has 2 N–H and O–H groups in total. The van der Waals surface area contributed by atoms with Gasteiger partial charge in [-0.05, 0) is 19.9 Å². The molecule has 0 atom stereocenters. The Balaban J connectivity index is 2.03. The van der Waals surface area contributed by atoms with E-state index in [0.717, 1.165) is 25.7 Å². The van der Waals surface area contributed by atoms with Crippen molar-refractivity contribution in [3.63, 3.8) is 0 Å². The third-order valence-corrected chi connectivity index (χ3v) is 2.54. The van der Waals surface area contributed by atoms with Crippen molar-refractivity contribution < 1.29 is 0 Å². The lowest BCUT2D eigenvalue weighted by molar-refractivity contribution is 0.101. The van der Waals surface area contributed by atoms with Gasteiger partial charge < -0.3 is 5.73 Å². The van der Waals surface area contributed by atoms with Crippen LogP contribution in [-0.2, 0) is 0 Å². The molecule has 2 aliphatic heterocycles. The molecule has 0 aromatic rings. The van der Waals surface area contributed by atoms with E-state index in [1.807, 2.05) is 0 Å². The Morgan fingerprint density at radius 1 is 1.42 bits per heavy atom. The average molecular weight is 168 g/mol. The highest BCUT2D eigenvalue weighted by atomic mass is 15.8. The summed E-state index contributed by atoms with van der Waals surface area (Å²) in [6, 6.07) is 0.600. The Morgan fingerprint density at radius 3 is 2.75 bits per heavy atom. The summed E-state index contributed by atoms with van der Waals surface area (Å²) < 4.78 is 0. The molecule has 0 bridgehead atoms. The lowest BCUT2D eigenvalue weighted by Gasteiger charge is -2.20. The van der Waals surface area contributed by atoms with Crippen LogP contribution in [0, 0.1) is 0 Å². The molecule has 2 rings (SSSR count). The standard InChI is InChI=1S/C8H16N4/c1-7(2)10-5-11-4-3-8(9)12(11)6-10/h3,7H,4-6,9H2,1-2H3. The molecule has 12 heavy (non-hydrogen) atoms. The zero-order valence-electron chi connectivity index (χ0n) is 7.70. The second kappa shape index (κ2) is 2.64. The van der Waals surface area contributed by atoms with Crippen LogP contribution in [0.2, 0.25) is 0 Å². The molecule has 0 radical (unpaired) electrons. The van der Waals surface area contributed by atoms with E-state index in [0.29, 0.717) is 6.04 Å². The van der Waals surface area contributed by atoms with Gasteiger partial charge in [0.05, 0.1) is 13.3 Å². The molecule has 0 saturated carbocycles. The topological polar surface area (TPSA) is 35.7 Å². The molecule has 1 fully saturated rings. The highest BCUT2D eigenvalue weighted by Crippen LogP contribution is 2.21. The molecule has 0 aliphatic carbocycles. The summed E-state index contributed by atoms with van der Waals surface area (Å²) in [5.74, 6) is 0.901. The Labute approximate surface area is 73.2 Å². The number of nitrogens with two attached hydrogens (primary N) is 1. The van der Waals surface area contributed by atoms with Crippen LogP contribution in [0.3, 0.4) is 0 Å². The number of hydrazine groups is 1. The fourth-order valence-corrected chi connectivity index (χ4v) is 1.62. The molecular weight excluding hydrogens is 152 g/mol. The van der Waals surface area contributed by atoms with Crippen LogP contribution in [0.15, 0.2) is 11.9 Å². The molecule has 68 valence electrons. The zero-order chi connectivity index (χ0) is 8.72. The van der Waals surface area contributed by atoms with E-state index in [1.165, 1.54) is 0 Å². The van der Waals surface area contributed by atoms with Gasteiger partial charge in [-0.3, -0.25) is 9.91 Å². The average Bonchev–Trinajstić information content (AvgIpc) is 2.53. The predicted molar refractivity (Wildman–Crippen MR) is 47.5 cm³/mol. The Kier molecular flexibility index (Phi) is 1.73. The molecule has 2 aliphatic rings. The van der Waals surface area contributed by atoms with Crippen molar-refractivity contribution in [3.8, 4) is 0 Å². The monoisotopic (exact) mass is 168 g/mol. The number of fused-ring (bicyclic) bond motifs is 1. The molecule has 2 heterocycles. The quantitative estimate of drug-likeness (QED) is 0.596. The first kappa shape index (κ1) is 7.89. The summed E-state index contributed by atoms with van der Waals surface area (Å²) in [4.78, 5) is 2.39. The van der Waals surface area contributed by atoms with Gasteiger partial charge in [0.1, 0.15) is 5.82 Å². The normalized spacial score (nSPS) is 25.2. The van der Waals surface area contributed by atoms with E-state index >= 15 is 0 Å². The molecule has 0 amide bonds. The van der Waals surface area contributed by atoms with Gasteiger partial charge in [0.15, 0.2) is 0 Å². The molecule has 0 aromatic heterocycles. The molecule has 0 unspecified atom stereocenters. The molecule has 4 nitrogen and oxygen atoms in total. The highest BCUT2D eigenvalue weighted by molar-refractivity contribution is 5.04. The van der Waals surface area contributed by atoms with Gasteiger partial charge in [0, 0.05) is 12.6 Å². The molecule has 0 aromatic carbocycles. The molecule has 4 heteroatoms. The zero-order valence-corrected chi connectivity index (χ0v) is 7.70. The maximum Gasteiger partial charge on any atom is 0.112 e. The Bertz CT molecular complexity index is 211. The number of hydrogen-bond acceptors (Lipinski definition) is 4. The lowest BCUT2D eigenvalue weighted by atomic mass is 10.3. The fourth-order valence-electron chi connectivity index (χ4n) is 1.62. The summed E-state index contributed by atoms with van der Waals surface area (Å²) in [6.45, 7) is 7.34. The van der Waals surface area contributed by atoms with Crippen LogP contribution in [0.1, 0.15) is 13.8 Å². The van der Waals surface area contributed by atoms with Crippen molar-refractivity contribution in [2.24, 2.45) is 5.73 Å². The van der Waals surface area contributed by atoms with Crippen LogP contribution in [0.5, 0.6) is 0 Å². The van der Waals surface area contributed by atoms with Crippen molar-refractivity contribution in [1.29, 1.82) is 0 Å². The third-order valence-electron chi connectivity index (χ3n) is 2.54. The minimum Gasteiger partial charge on any atom is -0.384 e. The van der Waals surface area contributed by atoms with Crippen LogP contribution in [0.25, 0.3) is 0 Å². The number of rotatable bonds is 1. The second-order valence-corrected chi connectivity index (χ2v) is 3.68. The first-order valence-electron chi connectivity index (χ1n) is 4.40. The minimum absolute atomic E-state index is 0.600. The summed E-state index contributed by atoms with van der Waals surface area (Å²) in [7, 11) is 0. The van der Waals surface area contributed by atoms with Crippen LogP contribution >= 0.6 is 0 Å². The first-order chi connectivity index (χ1) is 5.68. The van der Waals surface area contributed by atoms with Gasteiger partial charge in [0.25, 0.3) is 0 Å².